The van der Waals surface area contributed by atoms with Crippen molar-refractivity contribution in [3.63, 3.8) is 0 Å². The van der Waals surface area contributed by atoms with Crippen molar-refractivity contribution in [2.45, 2.75) is 12.6 Å². The molecule has 3 aromatic carbocycles. The van der Waals surface area contributed by atoms with Gasteiger partial charge in [-0.25, -0.2) is 0 Å². The Kier molecular flexibility index (Phi) is 5.94. The SMILES string of the molecule is O=C(Nc1ccc2c(c1)N(c1ccc(C(F)(F)F)cc1Cl)CC2)c1cc([N+](=O)[O-])ccc1Cl. The van der Waals surface area contributed by atoms with Crippen molar-refractivity contribution in [3.05, 3.63) is 91.4 Å². The molecule has 0 spiro atoms. The molecule has 6 nitrogen and oxygen atoms in total. The second kappa shape index (κ2) is 8.57. The van der Waals surface area contributed by atoms with E-state index < -0.39 is 22.6 Å². The molecule has 0 bridgehead atoms. The van der Waals surface area contributed by atoms with Crippen LogP contribution >= 0.6 is 23.2 Å². The number of nitrogens with zero attached hydrogens (tertiary/aromatic N) is 2. The zero-order valence-electron chi connectivity index (χ0n) is 16.6. The van der Waals surface area contributed by atoms with Gasteiger partial charge in [-0.3, -0.25) is 14.9 Å². The quantitative estimate of drug-likeness (QED) is 0.316. The van der Waals surface area contributed by atoms with E-state index in [9.17, 15) is 28.1 Å². The summed E-state index contributed by atoms with van der Waals surface area (Å²) >= 11 is 12.2. The van der Waals surface area contributed by atoms with Gasteiger partial charge in [0.05, 0.1) is 31.8 Å². The normalized spacial score (nSPS) is 13.1. The van der Waals surface area contributed by atoms with Crippen molar-refractivity contribution in [2.75, 3.05) is 16.8 Å². The minimum absolute atomic E-state index is 0.0458. The Balaban J connectivity index is 1.62. The van der Waals surface area contributed by atoms with Crippen molar-refractivity contribution in [2.24, 2.45) is 0 Å². The summed E-state index contributed by atoms with van der Waals surface area (Å²) in [4.78, 5) is 24.8. The third kappa shape index (κ3) is 4.60. The molecule has 1 heterocycles. The number of carbonyl (C=O) groups is 1. The van der Waals surface area contributed by atoms with Crippen molar-refractivity contribution in [1.29, 1.82) is 0 Å². The summed E-state index contributed by atoms with van der Waals surface area (Å²) in [6.45, 7) is 0.495. The third-order valence-electron chi connectivity index (χ3n) is 5.21. The first-order chi connectivity index (χ1) is 15.5. The number of carbonyl (C=O) groups excluding carboxylic acids is 1. The van der Waals surface area contributed by atoms with Gasteiger partial charge in [-0.05, 0) is 48.4 Å². The lowest BCUT2D eigenvalue weighted by atomic mass is 10.1. The van der Waals surface area contributed by atoms with Gasteiger partial charge < -0.3 is 10.2 Å². The van der Waals surface area contributed by atoms with Crippen LogP contribution in [0.3, 0.4) is 0 Å². The number of anilines is 3. The Morgan fingerprint density at radius 3 is 2.42 bits per heavy atom. The Morgan fingerprint density at radius 1 is 1.00 bits per heavy atom. The highest BCUT2D eigenvalue weighted by molar-refractivity contribution is 6.34. The molecule has 1 aliphatic heterocycles. The van der Waals surface area contributed by atoms with Gasteiger partial charge in [-0.1, -0.05) is 29.3 Å². The zero-order chi connectivity index (χ0) is 23.9. The van der Waals surface area contributed by atoms with Gasteiger partial charge in [0.15, 0.2) is 0 Å². The minimum atomic E-state index is -4.50. The van der Waals surface area contributed by atoms with Crippen LogP contribution in [-0.4, -0.2) is 17.4 Å². The summed E-state index contributed by atoms with van der Waals surface area (Å²) in [7, 11) is 0. The van der Waals surface area contributed by atoms with E-state index in [0.717, 1.165) is 23.8 Å². The lowest BCUT2D eigenvalue weighted by Gasteiger charge is -2.22. The first-order valence-electron chi connectivity index (χ1n) is 9.57. The van der Waals surface area contributed by atoms with Gasteiger partial charge in [0.1, 0.15) is 0 Å². The molecule has 170 valence electrons. The summed E-state index contributed by atoms with van der Waals surface area (Å²) in [6.07, 6.45) is -3.87. The van der Waals surface area contributed by atoms with Gasteiger partial charge in [0.25, 0.3) is 11.6 Å². The van der Waals surface area contributed by atoms with Gasteiger partial charge in [0.2, 0.25) is 0 Å². The van der Waals surface area contributed by atoms with Crippen molar-refractivity contribution >= 4 is 51.9 Å². The molecule has 1 amide bonds. The number of rotatable bonds is 4. The number of non-ortho nitro benzene ring substituents is 1. The highest BCUT2D eigenvalue weighted by Gasteiger charge is 2.32. The van der Waals surface area contributed by atoms with Crippen LogP contribution < -0.4 is 10.2 Å². The van der Waals surface area contributed by atoms with E-state index >= 15 is 0 Å². The molecule has 0 aromatic heterocycles. The van der Waals surface area contributed by atoms with Crippen LogP contribution in [0.15, 0.2) is 54.6 Å². The lowest BCUT2D eigenvalue weighted by Crippen LogP contribution is -2.16. The van der Waals surface area contributed by atoms with Crippen LogP contribution in [0.2, 0.25) is 10.0 Å². The molecule has 3 aromatic rings. The molecule has 4 rings (SSSR count). The first kappa shape index (κ1) is 22.9. The van der Waals surface area contributed by atoms with Crippen LogP contribution in [0.4, 0.5) is 35.9 Å². The predicted octanol–water partition coefficient (Wildman–Crippen LogP) is 6.87. The van der Waals surface area contributed by atoms with Crippen molar-refractivity contribution in [3.8, 4) is 0 Å². The van der Waals surface area contributed by atoms with Gasteiger partial charge in [-0.15, -0.1) is 0 Å². The maximum absolute atomic E-state index is 13.0. The molecule has 11 heteroatoms. The summed E-state index contributed by atoms with van der Waals surface area (Å²) in [6, 6.07) is 11.8. The first-order valence-corrected chi connectivity index (χ1v) is 10.3. The zero-order valence-corrected chi connectivity index (χ0v) is 18.1. The Morgan fingerprint density at radius 2 is 1.76 bits per heavy atom. The maximum atomic E-state index is 13.0. The van der Waals surface area contributed by atoms with E-state index in [1.165, 1.54) is 18.2 Å². The van der Waals surface area contributed by atoms with Crippen molar-refractivity contribution < 1.29 is 22.9 Å². The highest BCUT2D eigenvalue weighted by Crippen LogP contribution is 2.41. The molecule has 0 saturated carbocycles. The number of halogens is 5. The molecule has 1 N–H and O–H groups in total. The average molecular weight is 496 g/mol. The van der Waals surface area contributed by atoms with E-state index in [4.69, 9.17) is 23.2 Å². The smallest absolute Gasteiger partial charge is 0.340 e. The fourth-order valence-corrected chi connectivity index (χ4v) is 4.09. The molecular formula is C22H14Cl2F3N3O3. The predicted molar refractivity (Wildman–Crippen MR) is 120 cm³/mol. The number of hydrogen-bond donors (Lipinski definition) is 1. The monoisotopic (exact) mass is 495 g/mol. The van der Waals surface area contributed by atoms with Crippen LogP contribution in [0.5, 0.6) is 0 Å². The van der Waals surface area contributed by atoms with E-state index in [2.05, 4.69) is 5.32 Å². The molecule has 0 saturated heterocycles. The molecule has 0 atom stereocenters. The van der Waals surface area contributed by atoms with Gasteiger partial charge in [0, 0.05) is 30.1 Å². The Hall–Kier alpha value is -3.30. The van der Waals surface area contributed by atoms with Gasteiger partial charge in [-0.2, -0.15) is 13.2 Å². The molecule has 0 unspecified atom stereocenters. The summed E-state index contributed by atoms with van der Waals surface area (Å²) in [5.74, 6) is -0.638. The van der Waals surface area contributed by atoms with E-state index in [1.54, 1.807) is 23.1 Å². The molecule has 0 aliphatic carbocycles. The Bertz CT molecular complexity index is 1280. The lowest BCUT2D eigenvalue weighted by molar-refractivity contribution is -0.384. The van der Waals surface area contributed by atoms with Crippen LogP contribution in [0.25, 0.3) is 0 Å². The maximum Gasteiger partial charge on any atom is 0.416 e. The molecular weight excluding hydrogens is 482 g/mol. The number of nitro benzene ring substituents is 1. The molecule has 0 radical (unpaired) electrons. The minimum Gasteiger partial charge on any atom is -0.340 e. The number of benzene rings is 3. The largest absolute Gasteiger partial charge is 0.416 e. The summed E-state index contributed by atoms with van der Waals surface area (Å²) < 4.78 is 38.9. The fraction of sp³-hybridized carbons (Fsp3) is 0.136. The van der Waals surface area contributed by atoms with Gasteiger partial charge >= 0.3 is 6.18 Å². The summed E-state index contributed by atoms with van der Waals surface area (Å²) in [5, 5.41) is 13.7. The number of hydrogen-bond acceptors (Lipinski definition) is 4. The number of alkyl halides is 3. The van der Waals surface area contributed by atoms with Crippen LogP contribution in [0, 0.1) is 10.1 Å². The van der Waals surface area contributed by atoms with Crippen LogP contribution in [-0.2, 0) is 12.6 Å². The van der Waals surface area contributed by atoms with E-state index in [0.29, 0.717) is 30.0 Å². The average Bonchev–Trinajstić information content (AvgIpc) is 3.16. The second-order valence-corrected chi connectivity index (χ2v) is 8.10. The Labute approximate surface area is 195 Å². The second-order valence-electron chi connectivity index (χ2n) is 7.28. The number of nitro groups is 1. The van der Waals surface area contributed by atoms with Crippen LogP contribution in [0.1, 0.15) is 21.5 Å². The number of nitrogens with one attached hydrogen (secondary N) is 1. The molecule has 1 aliphatic rings. The number of amides is 1. The number of fused-ring (bicyclic) bond motifs is 1. The fourth-order valence-electron chi connectivity index (χ4n) is 3.61. The molecule has 33 heavy (non-hydrogen) atoms. The summed E-state index contributed by atoms with van der Waals surface area (Å²) in [5.41, 5.74) is 1.22. The standard InChI is InChI=1S/C22H14Cl2F3N3O3/c23-17-5-4-15(30(32)33)11-16(17)21(31)28-14-3-1-12-7-8-29(20(12)10-14)19-6-2-13(9-18(19)24)22(25,26)27/h1-6,9-11H,7-8H2,(H,28,31). The topological polar surface area (TPSA) is 75.5 Å². The van der Waals surface area contributed by atoms with E-state index in [1.807, 2.05) is 0 Å². The van der Waals surface area contributed by atoms with Crippen molar-refractivity contribution in [1.82, 2.24) is 0 Å². The molecule has 0 fully saturated rings. The van der Waals surface area contributed by atoms with E-state index in [-0.39, 0.29) is 21.3 Å². The third-order valence-corrected chi connectivity index (χ3v) is 5.84. The highest BCUT2D eigenvalue weighted by atomic mass is 35.5.